The summed E-state index contributed by atoms with van der Waals surface area (Å²) in [6, 6.07) is 7.46. The van der Waals surface area contributed by atoms with Crippen LogP contribution in [-0.4, -0.2) is 57.3 Å². The maximum Gasteiger partial charge on any atom is 0.410 e. The van der Waals surface area contributed by atoms with Crippen LogP contribution in [0, 0.1) is 17.8 Å². The lowest BCUT2D eigenvalue weighted by molar-refractivity contribution is 0.0199. The number of nitrogens with two attached hydrogens (primary N) is 1. The van der Waals surface area contributed by atoms with E-state index in [9.17, 15) is 9.59 Å². The van der Waals surface area contributed by atoms with E-state index in [0.29, 0.717) is 54.9 Å². The summed E-state index contributed by atoms with van der Waals surface area (Å²) in [5, 5.41) is 7.41. The van der Waals surface area contributed by atoms with Crippen molar-refractivity contribution in [2.45, 2.75) is 65.6 Å². The Labute approximate surface area is 235 Å². The fourth-order valence-electron chi connectivity index (χ4n) is 4.77. The van der Waals surface area contributed by atoms with Crippen molar-refractivity contribution in [2.24, 2.45) is 5.92 Å². The normalized spacial score (nSPS) is 14.2. The molecular formula is C30H38N6O4. The highest BCUT2D eigenvalue weighted by Gasteiger charge is 2.29. The molecule has 1 aliphatic rings. The summed E-state index contributed by atoms with van der Waals surface area (Å²) in [6.45, 7) is 11.2. The van der Waals surface area contributed by atoms with Gasteiger partial charge in [-0.2, -0.15) is 5.10 Å². The summed E-state index contributed by atoms with van der Waals surface area (Å²) in [5.41, 5.74) is 9.55. The number of nitrogens with one attached hydrogen (secondary N) is 1. The van der Waals surface area contributed by atoms with Gasteiger partial charge in [-0.15, -0.1) is 0 Å². The number of amides is 2. The molecule has 3 aromatic rings. The minimum atomic E-state index is -0.536. The smallest absolute Gasteiger partial charge is 0.410 e. The van der Waals surface area contributed by atoms with Crippen molar-refractivity contribution in [3.63, 3.8) is 0 Å². The van der Waals surface area contributed by atoms with Gasteiger partial charge in [0, 0.05) is 31.8 Å². The number of methoxy groups -OCH3 is 1. The molecule has 0 radical (unpaired) electrons. The molecule has 10 heteroatoms. The number of nitrogens with zero attached hydrogens (tertiary/aromatic N) is 4. The van der Waals surface area contributed by atoms with E-state index in [-0.39, 0.29) is 29.7 Å². The first kappa shape index (κ1) is 28.9. The first-order chi connectivity index (χ1) is 19.0. The number of aromatic nitrogens is 3. The predicted molar refractivity (Wildman–Crippen MR) is 154 cm³/mol. The fourth-order valence-corrected chi connectivity index (χ4v) is 4.77. The molecule has 10 nitrogen and oxygen atoms in total. The zero-order valence-corrected chi connectivity index (χ0v) is 24.1. The second-order valence-corrected chi connectivity index (χ2v) is 11.3. The zero-order chi connectivity index (χ0) is 29.0. The number of benzene rings is 1. The van der Waals surface area contributed by atoms with Crippen LogP contribution in [0.2, 0.25) is 0 Å². The van der Waals surface area contributed by atoms with Gasteiger partial charge in [0.05, 0.1) is 23.4 Å². The van der Waals surface area contributed by atoms with E-state index in [1.165, 1.54) is 6.33 Å². The summed E-state index contributed by atoms with van der Waals surface area (Å²) in [4.78, 5) is 32.1. The van der Waals surface area contributed by atoms with Crippen LogP contribution in [0.4, 0.5) is 16.3 Å². The standard InChI is InChI=1S/C30H38N6O4/c1-19(2)25-23(12-9-20-13-15-35(16-14-20)29(38)40-30(3,4)5)24(26-27(31)32-18-33-36(25)26)28(37)34-22-10-7-21(8-11-22)17-39-6/h7-8,10-11,18-20H,13-17H2,1-6H3,(H,34,37)(H2,31,32,33). The molecule has 3 N–H and O–H groups in total. The molecule has 4 rings (SSSR count). The third-order valence-electron chi connectivity index (χ3n) is 6.63. The highest BCUT2D eigenvalue weighted by molar-refractivity contribution is 6.13. The van der Waals surface area contributed by atoms with E-state index in [1.807, 2.05) is 58.9 Å². The molecule has 0 bridgehead atoms. The van der Waals surface area contributed by atoms with Crippen molar-refractivity contribution in [1.29, 1.82) is 0 Å². The summed E-state index contributed by atoms with van der Waals surface area (Å²) < 4.78 is 12.4. The number of nitrogen functional groups attached to an aromatic ring is 1. The molecule has 0 spiro atoms. The number of rotatable bonds is 5. The van der Waals surface area contributed by atoms with Crippen LogP contribution in [0.5, 0.6) is 0 Å². The van der Waals surface area contributed by atoms with Gasteiger partial charge in [-0.3, -0.25) is 4.79 Å². The first-order valence-corrected chi connectivity index (χ1v) is 13.5. The SMILES string of the molecule is COCc1ccc(NC(=O)c2c(C#CC3CCN(C(=O)OC(C)(C)C)CC3)c(C(C)C)n3ncnc(N)c23)cc1. The Morgan fingerprint density at radius 2 is 1.85 bits per heavy atom. The Hall–Kier alpha value is -4.10. The number of anilines is 2. The predicted octanol–water partition coefficient (Wildman–Crippen LogP) is 4.83. The molecule has 2 amide bonds. The van der Waals surface area contributed by atoms with Crippen LogP contribution in [0.25, 0.3) is 5.52 Å². The Balaban J connectivity index is 1.65. The van der Waals surface area contributed by atoms with Gasteiger partial charge in [0.1, 0.15) is 17.4 Å². The van der Waals surface area contributed by atoms with Crippen molar-refractivity contribution in [1.82, 2.24) is 19.5 Å². The number of likely N-dealkylation sites (tertiary alicyclic amines) is 1. The van der Waals surface area contributed by atoms with Crippen molar-refractivity contribution in [3.8, 4) is 11.8 Å². The molecular weight excluding hydrogens is 508 g/mol. The summed E-state index contributed by atoms with van der Waals surface area (Å²) >= 11 is 0. The van der Waals surface area contributed by atoms with Crippen LogP contribution in [0.1, 0.15) is 80.6 Å². The van der Waals surface area contributed by atoms with Gasteiger partial charge in [0.25, 0.3) is 5.91 Å². The van der Waals surface area contributed by atoms with E-state index in [1.54, 1.807) is 16.5 Å². The highest BCUT2D eigenvalue weighted by Crippen LogP contribution is 2.31. The second-order valence-electron chi connectivity index (χ2n) is 11.3. The Morgan fingerprint density at radius 3 is 2.45 bits per heavy atom. The number of hydrogen-bond acceptors (Lipinski definition) is 7. The largest absolute Gasteiger partial charge is 0.444 e. The van der Waals surface area contributed by atoms with Crippen molar-refractivity contribution >= 4 is 29.0 Å². The van der Waals surface area contributed by atoms with Gasteiger partial charge in [0.15, 0.2) is 5.82 Å². The van der Waals surface area contributed by atoms with Gasteiger partial charge in [-0.25, -0.2) is 14.3 Å². The van der Waals surface area contributed by atoms with E-state index < -0.39 is 5.60 Å². The van der Waals surface area contributed by atoms with Gasteiger partial charge in [-0.05, 0) is 57.2 Å². The Morgan fingerprint density at radius 1 is 1.18 bits per heavy atom. The third kappa shape index (κ3) is 6.54. The molecule has 212 valence electrons. The van der Waals surface area contributed by atoms with Crippen LogP contribution in [0.3, 0.4) is 0 Å². The molecule has 2 aromatic heterocycles. The average Bonchev–Trinajstić information content (AvgIpc) is 3.24. The van der Waals surface area contributed by atoms with Crippen LogP contribution < -0.4 is 11.1 Å². The minimum absolute atomic E-state index is 0.00925. The minimum Gasteiger partial charge on any atom is -0.444 e. The molecule has 1 fully saturated rings. The summed E-state index contributed by atoms with van der Waals surface area (Å²) in [5.74, 6) is 6.64. The molecule has 0 saturated carbocycles. The lowest BCUT2D eigenvalue weighted by atomic mass is 9.96. The number of carbonyl (C=O) groups excluding carboxylic acids is 2. The number of piperidine rings is 1. The Kier molecular flexibility index (Phi) is 8.64. The fraction of sp³-hybridized carbons (Fsp3) is 0.467. The van der Waals surface area contributed by atoms with E-state index in [4.69, 9.17) is 15.2 Å². The average molecular weight is 547 g/mol. The maximum absolute atomic E-state index is 13.7. The van der Waals surface area contributed by atoms with E-state index >= 15 is 0 Å². The Bertz CT molecular complexity index is 1440. The molecule has 0 unspecified atom stereocenters. The topological polar surface area (TPSA) is 124 Å². The molecule has 0 atom stereocenters. The van der Waals surface area contributed by atoms with Crippen LogP contribution in [-0.2, 0) is 16.1 Å². The number of carbonyl (C=O) groups is 2. The number of fused-ring (bicyclic) bond motifs is 1. The molecule has 40 heavy (non-hydrogen) atoms. The summed E-state index contributed by atoms with van der Waals surface area (Å²) in [6.07, 6.45) is 2.51. The van der Waals surface area contributed by atoms with Gasteiger partial charge in [-0.1, -0.05) is 37.8 Å². The van der Waals surface area contributed by atoms with Gasteiger partial charge in [0.2, 0.25) is 0 Å². The molecule has 1 aromatic carbocycles. The monoisotopic (exact) mass is 546 g/mol. The molecule has 1 aliphatic heterocycles. The van der Waals surface area contributed by atoms with Crippen molar-refractivity contribution in [3.05, 3.63) is 53.0 Å². The van der Waals surface area contributed by atoms with Crippen LogP contribution in [0.15, 0.2) is 30.6 Å². The summed E-state index contributed by atoms with van der Waals surface area (Å²) in [7, 11) is 1.64. The first-order valence-electron chi connectivity index (χ1n) is 13.5. The van der Waals surface area contributed by atoms with Crippen molar-refractivity contribution in [2.75, 3.05) is 31.2 Å². The van der Waals surface area contributed by atoms with Gasteiger partial charge < -0.3 is 25.4 Å². The van der Waals surface area contributed by atoms with Crippen LogP contribution >= 0.6 is 0 Å². The number of hydrogen-bond donors (Lipinski definition) is 2. The van der Waals surface area contributed by atoms with E-state index in [2.05, 4.69) is 27.2 Å². The van der Waals surface area contributed by atoms with Gasteiger partial charge >= 0.3 is 6.09 Å². The lowest BCUT2D eigenvalue weighted by Gasteiger charge is -2.31. The lowest BCUT2D eigenvalue weighted by Crippen LogP contribution is -2.41. The molecule has 1 saturated heterocycles. The third-order valence-corrected chi connectivity index (χ3v) is 6.63. The second kappa shape index (κ2) is 12.0. The van der Waals surface area contributed by atoms with Crippen molar-refractivity contribution < 1.29 is 19.1 Å². The zero-order valence-electron chi connectivity index (χ0n) is 24.1. The quantitative estimate of drug-likeness (QED) is 0.439. The molecule has 3 heterocycles. The number of ether oxygens (including phenoxy) is 2. The molecule has 0 aliphatic carbocycles. The highest BCUT2D eigenvalue weighted by atomic mass is 16.6. The maximum atomic E-state index is 13.7. The van der Waals surface area contributed by atoms with E-state index in [0.717, 1.165) is 11.3 Å².